The number of benzene rings is 2. The first-order valence-electron chi connectivity index (χ1n) is 13.7. The van der Waals surface area contributed by atoms with E-state index in [1.807, 2.05) is 76.5 Å². The number of ether oxygens (including phenoxy) is 2. The lowest BCUT2D eigenvalue weighted by Gasteiger charge is -2.33. The molecule has 40 heavy (non-hydrogen) atoms. The number of nitrogens with zero attached hydrogens (tertiary/aromatic N) is 3. The second-order valence-corrected chi connectivity index (χ2v) is 10.2. The van der Waals surface area contributed by atoms with Crippen LogP contribution in [0.5, 0.6) is 11.5 Å². The second kappa shape index (κ2) is 13.7. The van der Waals surface area contributed by atoms with Gasteiger partial charge >= 0.3 is 0 Å². The average Bonchev–Trinajstić information content (AvgIpc) is 2.94. The number of aromatic nitrogens is 1. The van der Waals surface area contributed by atoms with Gasteiger partial charge in [-0.25, -0.2) is 0 Å². The number of hydrogen-bond donors (Lipinski definition) is 3. The molecule has 2 atom stereocenters. The topological polar surface area (TPSA) is 112 Å². The molecule has 1 aliphatic heterocycles. The normalized spacial score (nSPS) is 15.9. The second-order valence-electron chi connectivity index (χ2n) is 10.2. The summed E-state index contributed by atoms with van der Waals surface area (Å²) in [6.45, 7) is 6.10. The number of carbonyl (C=O) groups excluding carboxylic acids is 1. The van der Waals surface area contributed by atoms with Gasteiger partial charge in [0.25, 0.3) is 0 Å². The van der Waals surface area contributed by atoms with E-state index in [1.54, 1.807) is 6.20 Å². The predicted molar refractivity (Wildman–Crippen MR) is 158 cm³/mol. The Kier molecular flexibility index (Phi) is 9.81. The summed E-state index contributed by atoms with van der Waals surface area (Å²) < 4.78 is 11.9. The SMILES string of the molecule is CCOc1cc2c(cc1NC(=O)CCCN(C)C)C(Nc1ccc(OCc3ccccn3)c(C)c1)C(C#N)CN2. The fourth-order valence-corrected chi connectivity index (χ4v) is 4.72. The molecule has 0 saturated heterocycles. The number of carbonyl (C=O) groups is 1. The van der Waals surface area contributed by atoms with Crippen LogP contribution >= 0.6 is 0 Å². The number of fused-ring (bicyclic) bond motifs is 1. The summed E-state index contributed by atoms with van der Waals surface area (Å²) in [5, 5.41) is 20.0. The summed E-state index contributed by atoms with van der Waals surface area (Å²) >= 11 is 0. The van der Waals surface area contributed by atoms with Crippen LogP contribution in [0.25, 0.3) is 0 Å². The van der Waals surface area contributed by atoms with Gasteiger partial charge in [-0.1, -0.05) is 6.07 Å². The van der Waals surface area contributed by atoms with E-state index < -0.39 is 0 Å². The van der Waals surface area contributed by atoms with Crippen LogP contribution in [0.2, 0.25) is 0 Å². The molecule has 4 rings (SSSR count). The van der Waals surface area contributed by atoms with Gasteiger partial charge in [-0.3, -0.25) is 9.78 Å². The van der Waals surface area contributed by atoms with E-state index in [1.165, 1.54) is 0 Å². The van der Waals surface area contributed by atoms with Crippen molar-refractivity contribution in [2.24, 2.45) is 5.92 Å². The zero-order valence-electron chi connectivity index (χ0n) is 23.7. The Morgan fingerprint density at radius 2 is 2.02 bits per heavy atom. The van der Waals surface area contributed by atoms with E-state index in [9.17, 15) is 10.1 Å². The third kappa shape index (κ3) is 7.42. The summed E-state index contributed by atoms with van der Waals surface area (Å²) in [6.07, 6.45) is 2.92. The molecule has 0 bridgehead atoms. The molecule has 0 aliphatic carbocycles. The molecule has 3 N–H and O–H groups in total. The molecule has 1 aromatic heterocycles. The van der Waals surface area contributed by atoms with Gasteiger partial charge in [-0.15, -0.1) is 0 Å². The fraction of sp³-hybridized carbons (Fsp3) is 0.387. The lowest BCUT2D eigenvalue weighted by molar-refractivity contribution is -0.116. The number of nitriles is 1. The van der Waals surface area contributed by atoms with Crippen molar-refractivity contribution in [3.05, 3.63) is 71.5 Å². The van der Waals surface area contributed by atoms with E-state index in [2.05, 4.69) is 31.9 Å². The van der Waals surface area contributed by atoms with Crippen LogP contribution in [0, 0.1) is 24.2 Å². The van der Waals surface area contributed by atoms with Gasteiger partial charge in [0.05, 0.1) is 36.0 Å². The van der Waals surface area contributed by atoms with Crippen LogP contribution in [0.4, 0.5) is 17.1 Å². The van der Waals surface area contributed by atoms with Gasteiger partial charge in [0.15, 0.2) is 0 Å². The molecule has 0 spiro atoms. The Balaban J connectivity index is 1.55. The number of nitrogens with one attached hydrogen (secondary N) is 3. The zero-order valence-corrected chi connectivity index (χ0v) is 23.7. The van der Waals surface area contributed by atoms with Gasteiger partial charge in [-0.05, 0) is 82.9 Å². The quantitative estimate of drug-likeness (QED) is 0.280. The molecular formula is C31H38N6O3. The van der Waals surface area contributed by atoms with Crippen LogP contribution < -0.4 is 25.4 Å². The Morgan fingerprint density at radius 1 is 1.18 bits per heavy atom. The van der Waals surface area contributed by atoms with E-state index in [-0.39, 0.29) is 17.9 Å². The van der Waals surface area contributed by atoms with Crippen molar-refractivity contribution in [1.29, 1.82) is 5.26 Å². The van der Waals surface area contributed by atoms with Crippen LogP contribution in [0.1, 0.15) is 42.6 Å². The van der Waals surface area contributed by atoms with Crippen LogP contribution in [0.3, 0.4) is 0 Å². The van der Waals surface area contributed by atoms with Gasteiger partial charge in [0.1, 0.15) is 18.1 Å². The van der Waals surface area contributed by atoms with E-state index in [4.69, 9.17) is 9.47 Å². The van der Waals surface area contributed by atoms with Crippen molar-refractivity contribution >= 4 is 23.0 Å². The minimum atomic E-state index is -0.325. The van der Waals surface area contributed by atoms with Crippen molar-refractivity contribution in [3.8, 4) is 17.6 Å². The first-order chi connectivity index (χ1) is 19.4. The Bertz CT molecular complexity index is 1340. The Hall–Kier alpha value is -4.29. The van der Waals surface area contributed by atoms with Gasteiger partial charge in [0, 0.05) is 42.2 Å². The van der Waals surface area contributed by atoms with Crippen molar-refractivity contribution in [1.82, 2.24) is 9.88 Å². The maximum absolute atomic E-state index is 12.7. The highest BCUT2D eigenvalue weighted by Gasteiger charge is 2.31. The van der Waals surface area contributed by atoms with Gasteiger partial charge < -0.3 is 30.3 Å². The molecule has 0 fully saturated rings. The number of anilines is 3. The van der Waals surface area contributed by atoms with Gasteiger partial charge in [0.2, 0.25) is 5.91 Å². The van der Waals surface area contributed by atoms with Crippen molar-refractivity contribution < 1.29 is 14.3 Å². The summed E-state index contributed by atoms with van der Waals surface area (Å²) in [5.74, 6) is 0.993. The molecule has 0 radical (unpaired) electrons. The first-order valence-corrected chi connectivity index (χ1v) is 13.7. The maximum Gasteiger partial charge on any atom is 0.224 e. The summed E-state index contributed by atoms with van der Waals surface area (Å²) in [6, 6.07) is 17.6. The Morgan fingerprint density at radius 3 is 2.73 bits per heavy atom. The van der Waals surface area contributed by atoms with Crippen LogP contribution in [-0.4, -0.2) is 49.6 Å². The van der Waals surface area contributed by atoms with Crippen LogP contribution in [0.15, 0.2) is 54.7 Å². The summed E-state index contributed by atoms with van der Waals surface area (Å²) in [5.41, 5.74) is 5.10. The molecule has 2 aromatic carbocycles. The van der Waals surface area contributed by atoms with Gasteiger partial charge in [-0.2, -0.15) is 5.26 Å². The molecule has 3 aromatic rings. The number of rotatable bonds is 12. The number of aryl methyl sites for hydroxylation is 1. The molecule has 0 saturated carbocycles. The molecule has 1 amide bonds. The minimum absolute atomic E-state index is 0.0650. The minimum Gasteiger partial charge on any atom is -0.492 e. The predicted octanol–water partition coefficient (Wildman–Crippen LogP) is 5.37. The van der Waals surface area contributed by atoms with E-state index in [0.29, 0.717) is 37.6 Å². The molecule has 2 heterocycles. The average molecular weight is 543 g/mol. The third-order valence-corrected chi connectivity index (χ3v) is 6.75. The molecule has 9 nitrogen and oxygen atoms in total. The lowest BCUT2D eigenvalue weighted by atomic mass is 9.88. The highest BCUT2D eigenvalue weighted by molar-refractivity contribution is 5.93. The molecule has 210 valence electrons. The number of hydrogen-bond acceptors (Lipinski definition) is 8. The molecule has 1 aliphatic rings. The third-order valence-electron chi connectivity index (χ3n) is 6.75. The van der Waals surface area contributed by atoms with Crippen molar-refractivity contribution in [3.63, 3.8) is 0 Å². The standard InChI is InChI=1S/C31H38N6O3/c1-5-39-29-17-26-25(16-27(29)36-30(38)10-8-14-37(3)4)31(22(18-32)19-34-26)35-23-11-12-28(21(2)15-23)40-20-24-9-6-7-13-33-24/h6-7,9,11-13,15-17,22,31,34-35H,5,8,10,14,19-20H2,1-4H3,(H,36,38). The molecular weight excluding hydrogens is 504 g/mol. The summed E-state index contributed by atoms with van der Waals surface area (Å²) in [7, 11) is 3.98. The van der Waals surface area contributed by atoms with Crippen molar-refractivity contribution in [2.75, 3.05) is 49.7 Å². The molecule has 2 unspecified atom stereocenters. The smallest absolute Gasteiger partial charge is 0.224 e. The van der Waals surface area contributed by atoms with E-state index >= 15 is 0 Å². The lowest BCUT2D eigenvalue weighted by Crippen LogP contribution is -2.31. The zero-order chi connectivity index (χ0) is 28.5. The number of amides is 1. The highest BCUT2D eigenvalue weighted by Crippen LogP contribution is 2.42. The fourth-order valence-electron chi connectivity index (χ4n) is 4.72. The largest absolute Gasteiger partial charge is 0.492 e. The van der Waals surface area contributed by atoms with Crippen LogP contribution in [-0.2, 0) is 11.4 Å². The van der Waals surface area contributed by atoms with Crippen molar-refractivity contribution in [2.45, 2.75) is 39.3 Å². The molecule has 9 heteroatoms. The number of pyridine rings is 1. The first kappa shape index (κ1) is 28.7. The maximum atomic E-state index is 12.7. The Labute approximate surface area is 236 Å². The summed E-state index contributed by atoms with van der Waals surface area (Å²) in [4.78, 5) is 19.1. The monoisotopic (exact) mass is 542 g/mol. The van der Waals surface area contributed by atoms with E-state index in [0.717, 1.165) is 46.9 Å². The highest BCUT2D eigenvalue weighted by atomic mass is 16.5.